The summed E-state index contributed by atoms with van der Waals surface area (Å²) in [6.07, 6.45) is 2.06. The summed E-state index contributed by atoms with van der Waals surface area (Å²) in [5.41, 5.74) is 3.50. The van der Waals surface area contributed by atoms with E-state index in [0.717, 1.165) is 23.5 Å². The molecule has 0 saturated carbocycles. The Morgan fingerprint density at radius 3 is 2.82 bits per heavy atom. The number of hydrogen-bond acceptors (Lipinski definition) is 5. The molecule has 0 aliphatic carbocycles. The van der Waals surface area contributed by atoms with E-state index in [0.29, 0.717) is 28.2 Å². The molecule has 4 rings (SSSR count). The van der Waals surface area contributed by atoms with Crippen molar-refractivity contribution < 1.29 is 4.74 Å². The molecule has 2 aromatic heterocycles. The number of nitrogens with zero attached hydrogens (tertiary/aromatic N) is 3. The molecule has 0 atom stereocenters. The molecule has 28 heavy (non-hydrogen) atoms. The first-order chi connectivity index (χ1) is 13.6. The van der Waals surface area contributed by atoms with Crippen LogP contribution < -0.4 is 10.3 Å². The van der Waals surface area contributed by atoms with Crippen LogP contribution in [-0.4, -0.2) is 26.4 Å². The van der Waals surface area contributed by atoms with Crippen LogP contribution in [0.5, 0.6) is 5.75 Å². The molecule has 0 spiro atoms. The van der Waals surface area contributed by atoms with Gasteiger partial charge in [0, 0.05) is 11.0 Å². The second-order valence-corrected chi connectivity index (χ2v) is 7.89. The van der Waals surface area contributed by atoms with E-state index in [1.54, 1.807) is 10.6 Å². The van der Waals surface area contributed by atoms with Crippen molar-refractivity contribution in [3.63, 3.8) is 0 Å². The molecule has 0 saturated heterocycles. The minimum atomic E-state index is -0.160. The highest BCUT2D eigenvalue weighted by molar-refractivity contribution is 7.99. The molecule has 2 heterocycles. The molecule has 0 aliphatic rings. The van der Waals surface area contributed by atoms with E-state index in [9.17, 15) is 4.79 Å². The molecule has 0 unspecified atom stereocenters. The van der Waals surface area contributed by atoms with Crippen molar-refractivity contribution >= 4 is 28.3 Å². The van der Waals surface area contributed by atoms with Crippen molar-refractivity contribution in [2.75, 3.05) is 6.61 Å². The van der Waals surface area contributed by atoms with Crippen molar-refractivity contribution in [1.29, 1.82) is 0 Å². The SMILES string of the molecule is CCCCOc1ccc2c(=O)[nH]c3c(Sc4ccc(C)cc4C)nnn3c2c1. The van der Waals surface area contributed by atoms with Gasteiger partial charge in [-0.25, -0.2) is 0 Å². The van der Waals surface area contributed by atoms with Gasteiger partial charge in [-0.15, -0.1) is 5.10 Å². The second kappa shape index (κ2) is 7.67. The second-order valence-electron chi connectivity index (χ2n) is 6.86. The van der Waals surface area contributed by atoms with Gasteiger partial charge >= 0.3 is 0 Å². The number of unbranched alkanes of at least 4 members (excludes halogenated alkanes) is 1. The molecule has 7 heteroatoms. The Bertz CT molecular complexity index is 1210. The summed E-state index contributed by atoms with van der Waals surface area (Å²) >= 11 is 1.50. The molecule has 2 aromatic carbocycles. The van der Waals surface area contributed by atoms with Crippen molar-refractivity contribution in [3.05, 3.63) is 57.9 Å². The molecule has 144 valence electrons. The maximum absolute atomic E-state index is 12.6. The lowest BCUT2D eigenvalue weighted by Crippen LogP contribution is -2.10. The van der Waals surface area contributed by atoms with Crippen LogP contribution in [-0.2, 0) is 0 Å². The average molecular weight is 395 g/mol. The smallest absolute Gasteiger partial charge is 0.259 e. The van der Waals surface area contributed by atoms with E-state index >= 15 is 0 Å². The zero-order chi connectivity index (χ0) is 19.7. The lowest BCUT2D eigenvalue weighted by molar-refractivity contribution is 0.309. The van der Waals surface area contributed by atoms with Crippen molar-refractivity contribution in [3.8, 4) is 5.75 Å². The largest absolute Gasteiger partial charge is 0.494 e. The number of benzene rings is 2. The quantitative estimate of drug-likeness (QED) is 0.487. The van der Waals surface area contributed by atoms with Gasteiger partial charge < -0.3 is 9.72 Å². The summed E-state index contributed by atoms with van der Waals surface area (Å²) < 4.78 is 7.47. The predicted molar refractivity (Wildman–Crippen MR) is 112 cm³/mol. The van der Waals surface area contributed by atoms with Crippen LogP contribution in [0.15, 0.2) is 51.1 Å². The Morgan fingerprint density at radius 2 is 2.04 bits per heavy atom. The number of aromatic amines is 1. The van der Waals surface area contributed by atoms with Crippen LogP contribution in [0.3, 0.4) is 0 Å². The summed E-state index contributed by atoms with van der Waals surface area (Å²) in [7, 11) is 0. The number of ether oxygens (including phenoxy) is 1. The van der Waals surface area contributed by atoms with Gasteiger partial charge in [-0.3, -0.25) is 4.79 Å². The molecule has 1 N–H and O–H groups in total. The zero-order valence-electron chi connectivity index (χ0n) is 16.2. The van der Waals surface area contributed by atoms with E-state index in [2.05, 4.69) is 54.3 Å². The maximum Gasteiger partial charge on any atom is 0.259 e. The highest BCUT2D eigenvalue weighted by Gasteiger charge is 2.15. The van der Waals surface area contributed by atoms with Gasteiger partial charge in [0.15, 0.2) is 10.7 Å². The summed E-state index contributed by atoms with van der Waals surface area (Å²) in [4.78, 5) is 16.6. The Morgan fingerprint density at radius 1 is 1.18 bits per heavy atom. The van der Waals surface area contributed by atoms with Crippen molar-refractivity contribution in [1.82, 2.24) is 19.8 Å². The highest BCUT2D eigenvalue weighted by Crippen LogP contribution is 2.32. The van der Waals surface area contributed by atoms with Crippen LogP contribution in [0.4, 0.5) is 0 Å². The summed E-state index contributed by atoms with van der Waals surface area (Å²) in [6.45, 7) is 6.91. The first kappa shape index (κ1) is 18.6. The van der Waals surface area contributed by atoms with Gasteiger partial charge in [0.05, 0.1) is 17.5 Å². The van der Waals surface area contributed by atoms with Crippen molar-refractivity contribution in [2.45, 2.75) is 43.5 Å². The fourth-order valence-electron chi connectivity index (χ4n) is 3.11. The lowest BCUT2D eigenvalue weighted by Gasteiger charge is -2.07. The Kier molecular flexibility index (Phi) is 5.09. The van der Waals surface area contributed by atoms with Crippen molar-refractivity contribution in [2.24, 2.45) is 0 Å². The number of H-pyrrole nitrogens is 1. The Balaban J connectivity index is 1.78. The number of aromatic nitrogens is 4. The van der Waals surface area contributed by atoms with Gasteiger partial charge in [0.1, 0.15) is 5.75 Å². The van der Waals surface area contributed by atoms with Gasteiger partial charge in [-0.2, -0.15) is 4.52 Å². The number of nitrogens with one attached hydrogen (secondary N) is 1. The van der Waals surface area contributed by atoms with Crippen LogP contribution in [0.1, 0.15) is 30.9 Å². The maximum atomic E-state index is 12.6. The number of fused-ring (bicyclic) bond motifs is 3. The molecule has 4 aromatic rings. The first-order valence-corrected chi connectivity index (χ1v) is 10.2. The Hall–Kier alpha value is -2.80. The molecular weight excluding hydrogens is 372 g/mol. The molecular formula is C21H22N4O2S. The van der Waals surface area contributed by atoms with Gasteiger partial charge in [-0.05, 0) is 44.0 Å². The molecule has 0 amide bonds. The molecule has 0 aliphatic heterocycles. The van der Waals surface area contributed by atoms with Crippen LogP contribution in [0.25, 0.3) is 16.6 Å². The van der Waals surface area contributed by atoms with Crippen LogP contribution in [0.2, 0.25) is 0 Å². The first-order valence-electron chi connectivity index (χ1n) is 9.36. The molecule has 0 radical (unpaired) electrons. The summed E-state index contributed by atoms with van der Waals surface area (Å²) in [5, 5.41) is 9.83. The minimum Gasteiger partial charge on any atom is -0.494 e. The monoisotopic (exact) mass is 394 g/mol. The fraction of sp³-hybridized carbons (Fsp3) is 0.286. The number of hydrogen-bond donors (Lipinski definition) is 1. The number of aryl methyl sites for hydroxylation is 2. The van der Waals surface area contributed by atoms with E-state index in [1.807, 2.05) is 12.1 Å². The summed E-state index contributed by atoms with van der Waals surface area (Å²) in [6, 6.07) is 11.7. The average Bonchev–Trinajstić information content (AvgIpc) is 3.07. The van der Waals surface area contributed by atoms with Gasteiger partial charge in [0.2, 0.25) is 0 Å². The van der Waals surface area contributed by atoms with E-state index < -0.39 is 0 Å². The number of rotatable bonds is 6. The fourth-order valence-corrected chi connectivity index (χ4v) is 3.98. The molecule has 0 fully saturated rings. The van der Waals surface area contributed by atoms with E-state index in [4.69, 9.17) is 4.74 Å². The normalized spacial score (nSPS) is 11.4. The van der Waals surface area contributed by atoms with Gasteiger partial charge in [0.25, 0.3) is 5.56 Å². The zero-order valence-corrected chi connectivity index (χ0v) is 17.0. The minimum absolute atomic E-state index is 0.160. The third kappa shape index (κ3) is 3.49. The van der Waals surface area contributed by atoms with Gasteiger partial charge in [-0.1, -0.05) is 48.0 Å². The third-order valence-corrected chi connectivity index (χ3v) is 5.76. The molecule has 0 bridgehead atoms. The topological polar surface area (TPSA) is 72.3 Å². The highest BCUT2D eigenvalue weighted by atomic mass is 32.2. The third-order valence-electron chi connectivity index (χ3n) is 4.62. The van der Waals surface area contributed by atoms with E-state index in [1.165, 1.54) is 22.9 Å². The van der Waals surface area contributed by atoms with Crippen LogP contribution in [0, 0.1) is 13.8 Å². The Labute approximate surface area is 166 Å². The van der Waals surface area contributed by atoms with E-state index in [-0.39, 0.29) is 5.56 Å². The molecule has 6 nitrogen and oxygen atoms in total. The lowest BCUT2D eigenvalue weighted by atomic mass is 10.2. The predicted octanol–water partition coefficient (Wildman–Crippen LogP) is 4.52. The standard InChI is InChI=1S/C21H22N4O2S/c1-4-5-10-27-15-7-8-16-17(12-15)25-19(22-20(16)26)21(23-24-25)28-18-9-6-13(2)11-14(18)3/h6-9,11-12H,4-5,10H2,1-3H3,(H,22,26). The van der Waals surface area contributed by atoms with Crippen LogP contribution >= 0.6 is 11.8 Å². The summed E-state index contributed by atoms with van der Waals surface area (Å²) in [5.74, 6) is 0.729.